The Labute approximate surface area is 166 Å². The highest BCUT2D eigenvalue weighted by molar-refractivity contribution is 5.97. The van der Waals surface area contributed by atoms with E-state index in [1.807, 2.05) is 49.3 Å². The summed E-state index contributed by atoms with van der Waals surface area (Å²) >= 11 is 0. The Balaban J connectivity index is 1.63. The van der Waals surface area contributed by atoms with Crippen molar-refractivity contribution in [1.82, 2.24) is 14.4 Å². The molecule has 28 heavy (non-hydrogen) atoms. The molecule has 1 aliphatic rings. The number of rotatable bonds is 8. The molecule has 1 fully saturated rings. The molecule has 1 amide bonds. The average Bonchev–Trinajstić information content (AvgIpc) is 3.23. The van der Waals surface area contributed by atoms with E-state index in [2.05, 4.69) is 21.6 Å². The van der Waals surface area contributed by atoms with E-state index in [1.165, 1.54) is 19.3 Å². The number of aromatic nitrogens is 1. The number of carbonyl (C=O) groups excluding carboxylic acids is 1. The Bertz CT molecular complexity index is 922. The summed E-state index contributed by atoms with van der Waals surface area (Å²) < 4.78 is 7.80. The molecule has 5 nitrogen and oxygen atoms in total. The molecule has 1 aromatic carbocycles. The minimum atomic E-state index is 0.0800. The lowest BCUT2D eigenvalue weighted by Crippen LogP contribution is -2.37. The summed E-state index contributed by atoms with van der Waals surface area (Å²) in [7, 11) is 4.08. The highest BCUT2D eigenvalue weighted by Gasteiger charge is 2.26. The van der Waals surface area contributed by atoms with Gasteiger partial charge < -0.3 is 18.8 Å². The van der Waals surface area contributed by atoms with E-state index in [0.717, 1.165) is 35.4 Å². The molecule has 4 rings (SSSR count). The first-order valence-electron chi connectivity index (χ1n) is 10.2. The maximum Gasteiger partial charge on any atom is 0.270 e. The van der Waals surface area contributed by atoms with E-state index >= 15 is 0 Å². The Morgan fingerprint density at radius 3 is 2.61 bits per heavy atom. The first-order valence-corrected chi connectivity index (χ1v) is 10.2. The zero-order valence-electron chi connectivity index (χ0n) is 16.8. The van der Waals surface area contributed by atoms with E-state index in [9.17, 15) is 4.79 Å². The van der Waals surface area contributed by atoms with Gasteiger partial charge in [-0.1, -0.05) is 36.8 Å². The quantitative estimate of drug-likeness (QED) is 0.588. The van der Waals surface area contributed by atoms with E-state index in [0.29, 0.717) is 19.0 Å². The van der Waals surface area contributed by atoms with Crippen LogP contribution < -0.4 is 0 Å². The van der Waals surface area contributed by atoms with Crippen molar-refractivity contribution in [3.05, 3.63) is 60.0 Å². The van der Waals surface area contributed by atoms with Crippen molar-refractivity contribution >= 4 is 17.0 Å². The first-order chi connectivity index (χ1) is 13.6. The number of benzene rings is 1. The molecule has 0 radical (unpaired) electrons. The molecule has 2 aromatic heterocycles. The fourth-order valence-electron chi connectivity index (χ4n) is 3.82. The predicted octanol–water partition coefficient (Wildman–Crippen LogP) is 4.24. The molecule has 1 saturated carbocycles. The van der Waals surface area contributed by atoms with Crippen molar-refractivity contribution < 1.29 is 9.21 Å². The molecule has 1 aliphatic carbocycles. The maximum atomic E-state index is 13.6. The van der Waals surface area contributed by atoms with Crippen LogP contribution >= 0.6 is 0 Å². The zero-order valence-corrected chi connectivity index (χ0v) is 16.8. The van der Waals surface area contributed by atoms with Crippen molar-refractivity contribution in [2.24, 2.45) is 5.92 Å². The van der Waals surface area contributed by atoms with E-state index in [1.54, 1.807) is 6.26 Å². The monoisotopic (exact) mass is 379 g/mol. The SMILES string of the molecule is CN(C)CCN(Cc1ccccc1)C(=O)c1cc2occc2n1CC1CCC1. The number of nitrogens with zero attached hydrogens (tertiary/aromatic N) is 3. The Kier molecular flexibility index (Phi) is 5.53. The molecule has 0 atom stereocenters. The molecule has 0 saturated heterocycles. The van der Waals surface area contributed by atoms with Crippen LogP contribution in [0.3, 0.4) is 0 Å². The van der Waals surface area contributed by atoms with Crippen LogP contribution in [0.1, 0.15) is 35.3 Å². The minimum Gasteiger partial charge on any atom is -0.463 e. The maximum absolute atomic E-state index is 13.6. The summed E-state index contributed by atoms with van der Waals surface area (Å²) in [6.45, 7) is 3.04. The summed E-state index contributed by atoms with van der Waals surface area (Å²) in [5, 5.41) is 0. The predicted molar refractivity (Wildman–Crippen MR) is 111 cm³/mol. The summed E-state index contributed by atoms with van der Waals surface area (Å²) in [6, 6.07) is 14.1. The summed E-state index contributed by atoms with van der Waals surface area (Å²) in [6.07, 6.45) is 5.51. The fraction of sp³-hybridized carbons (Fsp3) is 0.435. The fourth-order valence-corrected chi connectivity index (χ4v) is 3.82. The van der Waals surface area contributed by atoms with Crippen LogP contribution in [0.15, 0.2) is 53.1 Å². The summed E-state index contributed by atoms with van der Waals surface area (Å²) in [5.74, 6) is 0.748. The van der Waals surface area contributed by atoms with Gasteiger partial charge in [0.05, 0.1) is 11.8 Å². The third kappa shape index (κ3) is 3.99. The summed E-state index contributed by atoms with van der Waals surface area (Å²) in [4.78, 5) is 17.7. The molecule has 0 unspecified atom stereocenters. The van der Waals surface area contributed by atoms with Gasteiger partial charge in [0.15, 0.2) is 5.58 Å². The molecular formula is C23H29N3O2. The molecule has 0 spiro atoms. The molecule has 2 heterocycles. The van der Waals surface area contributed by atoms with Crippen molar-refractivity contribution in [3.8, 4) is 0 Å². The largest absolute Gasteiger partial charge is 0.463 e. The molecule has 0 aliphatic heterocycles. The second-order valence-electron chi connectivity index (χ2n) is 8.12. The van der Waals surface area contributed by atoms with E-state index in [-0.39, 0.29) is 5.91 Å². The number of hydrogen-bond donors (Lipinski definition) is 0. The van der Waals surface area contributed by atoms with Crippen LogP contribution in [0.5, 0.6) is 0 Å². The molecule has 5 heteroatoms. The number of fused-ring (bicyclic) bond motifs is 1. The lowest BCUT2D eigenvalue weighted by atomic mass is 9.85. The Morgan fingerprint density at radius 1 is 1.14 bits per heavy atom. The highest BCUT2D eigenvalue weighted by Crippen LogP contribution is 2.31. The molecular weight excluding hydrogens is 350 g/mol. The Morgan fingerprint density at radius 2 is 1.93 bits per heavy atom. The summed E-state index contributed by atoms with van der Waals surface area (Å²) in [5.41, 5.74) is 3.73. The topological polar surface area (TPSA) is 41.6 Å². The lowest BCUT2D eigenvalue weighted by molar-refractivity contribution is 0.0719. The second kappa shape index (κ2) is 8.23. The number of amides is 1. The molecule has 148 valence electrons. The van der Waals surface area contributed by atoms with Gasteiger partial charge in [-0.3, -0.25) is 4.79 Å². The van der Waals surface area contributed by atoms with Gasteiger partial charge in [-0.2, -0.15) is 0 Å². The van der Waals surface area contributed by atoms with Gasteiger partial charge >= 0.3 is 0 Å². The third-order valence-electron chi connectivity index (χ3n) is 5.73. The van der Waals surface area contributed by atoms with Gasteiger partial charge in [-0.05, 0) is 38.4 Å². The average molecular weight is 380 g/mol. The van der Waals surface area contributed by atoms with Crippen LogP contribution in [-0.4, -0.2) is 47.5 Å². The number of furan rings is 1. The van der Waals surface area contributed by atoms with Crippen LogP contribution in [0.2, 0.25) is 0 Å². The van der Waals surface area contributed by atoms with Crippen LogP contribution in [0.4, 0.5) is 0 Å². The first kappa shape index (κ1) is 18.8. The van der Waals surface area contributed by atoms with E-state index in [4.69, 9.17) is 4.42 Å². The molecule has 0 N–H and O–H groups in total. The standard InChI is InChI=1S/C23H29N3O2/c1-24(2)12-13-25(16-18-7-4-3-5-8-18)23(27)21-15-22-20(11-14-28-22)26(21)17-19-9-6-10-19/h3-5,7-8,11,14-15,19H,6,9-10,12-13,16-17H2,1-2H3. The minimum absolute atomic E-state index is 0.0800. The van der Waals surface area contributed by atoms with Crippen molar-refractivity contribution in [2.75, 3.05) is 27.2 Å². The van der Waals surface area contributed by atoms with Crippen molar-refractivity contribution in [3.63, 3.8) is 0 Å². The van der Waals surface area contributed by atoms with Crippen LogP contribution in [-0.2, 0) is 13.1 Å². The van der Waals surface area contributed by atoms with Crippen LogP contribution in [0, 0.1) is 5.92 Å². The van der Waals surface area contributed by atoms with Gasteiger partial charge in [-0.15, -0.1) is 0 Å². The number of carbonyl (C=O) groups is 1. The Hall–Kier alpha value is -2.53. The van der Waals surface area contributed by atoms with Gasteiger partial charge in [0.1, 0.15) is 5.69 Å². The highest BCUT2D eigenvalue weighted by atomic mass is 16.3. The van der Waals surface area contributed by atoms with Gasteiger partial charge in [0.25, 0.3) is 5.91 Å². The third-order valence-corrected chi connectivity index (χ3v) is 5.73. The second-order valence-corrected chi connectivity index (χ2v) is 8.12. The number of likely N-dealkylation sites (N-methyl/N-ethyl adjacent to an activating group) is 1. The molecule has 0 bridgehead atoms. The normalized spacial score (nSPS) is 14.5. The van der Waals surface area contributed by atoms with Crippen molar-refractivity contribution in [1.29, 1.82) is 0 Å². The van der Waals surface area contributed by atoms with E-state index < -0.39 is 0 Å². The van der Waals surface area contributed by atoms with Gasteiger partial charge in [-0.25, -0.2) is 0 Å². The smallest absolute Gasteiger partial charge is 0.270 e. The van der Waals surface area contributed by atoms with Crippen molar-refractivity contribution in [2.45, 2.75) is 32.4 Å². The van der Waals surface area contributed by atoms with Gasteiger partial charge in [0.2, 0.25) is 0 Å². The van der Waals surface area contributed by atoms with Crippen LogP contribution in [0.25, 0.3) is 11.1 Å². The molecule has 3 aromatic rings. The lowest BCUT2D eigenvalue weighted by Gasteiger charge is -2.28. The zero-order chi connectivity index (χ0) is 19.5. The van der Waals surface area contributed by atoms with Gasteiger partial charge in [0, 0.05) is 38.3 Å². The number of hydrogen-bond acceptors (Lipinski definition) is 3.